The molecule has 1 heterocycles. The van der Waals surface area contributed by atoms with Crippen LogP contribution >= 0.6 is 12.2 Å². The molecule has 0 aliphatic carbocycles. The third kappa shape index (κ3) is 3.14. The molecule has 0 radical (unpaired) electrons. The number of pyridine rings is 1. The molecular weight excluding hydrogens is 234 g/mol. The minimum atomic E-state index is 0.102. The molecule has 0 aromatic carbocycles. The number of likely N-dealkylation sites (N-methyl/N-ethyl adjacent to an activating group) is 1. The van der Waals surface area contributed by atoms with Crippen LogP contribution in [0, 0.1) is 13.8 Å². The van der Waals surface area contributed by atoms with Crippen LogP contribution < -0.4 is 10.6 Å². The van der Waals surface area contributed by atoms with Crippen LogP contribution in [0.3, 0.4) is 0 Å². The minimum Gasteiger partial charge on any atom is -0.395 e. The molecule has 0 spiro atoms. The smallest absolute Gasteiger partial charge is 0.107 e. The molecule has 5 heteroatoms. The first-order valence-corrected chi connectivity index (χ1v) is 6.06. The summed E-state index contributed by atoms with van der Waals surface area (Å²) >= 11 is 5.08. The van der Waals surface area contributed by atoms with Crippen LogP contribution in [0.5, 0.6) is 0 Å². The maximum Gasteiger partial charge on any atom is 0.107 e. The zero-order chi connectivity index (χ0) is 13.0. The lowest BCUT2D eigenvalue weighted by atomic mass is 10.1. The standard InChI is InChI=1S/C12H19N3OS/c1-4-15(5-6-16)10-7-8(2)14-9(3)11(10)12(13)17/h7,16H,4-6H2,1-3H3,(H2,13,17). The van der Waals surface area contributed by atoms with Crippen molar-refractivity contribution >= 4 is 22.9 Å². The number of nitrogens with two attached hydrogens (primary N) is 1. The topological polar surface area (TPSA) is 62.4 Å². The molecule has 0 atom stereocenters. The van der Waals surface area contributed by atoms with Crippen molar-refractivity contribution in [1.82, 2.24) is 4.98 Å². The SMILES string of the molecule is CCN(CCO)c1cc(C)nc(C)c1C(N)=S. The predicted octanol–water partition coefficient (Wildman–Crippen LogP) is 1.15. The Morgan fingerprint density at radius 3 is 2.65 bits per heavy atom. The van der Waals surface area contributed by atoms with Gasteiger partial charge < -0.3 is 15.7 Å². The first-order chi connectivity index (χ1) is 8.01. The first kappa shape index (κ1) is 13.9. The van der Waals surface area contributed by atoms with E-state index < -0.39 is 0 Å². The third-order valence-electron chi connectivity index (χ3n) is 2.65. The Kier molecular flexibility index (Phi) is 4.84. The second-order valence-corrected chi connectivity index (χ2v) is 4.35. The van der Waals surface area contributed by atoms with E-state index in [9.17, 15) is 0 Å². The fourth-order valence-corrected chi connectivity index (χ4v) is 2.18. The van der Waals surface area contributed by atoms with Crippen LogP contribution in [0.25, 0.3) is 0 Å². The molecule has 94 valence electrons. The maximum atomic E-state index is 9.08. The van der Waals surface area contributed by atoms with Gasteiger partial charge >= 0.3 is 0 Å². The number of aliphatic hydroxyl groups is 1. The Bertz CT molecular complexity index is 420. The van der Waals surface area contributed by atoms with Crippen LogP contribution in [0.4, 0.5) is 5.69 Å². The molecule has 0 saturated heterocycles. The molecule has 3 N–H and O–H groups in total. The molecule has 1 aromatic rings. The average Bonchev–Trinajstić information content (AvgIpc) is 2.23. The van der Waals surface area contributed by atoms with Crippen LogP contribution in [-0.4, -0.2) is 34.8 Å². The fraction of sp³-hybridized carbons (Fsp3) is 0.500. The highest BCUT2D eigenvalue weighted by Crippen LogP contribution is 2.23. The van der Waals surface area contributed by atoms with Crippen LogP contribution in [-0.2, 0) is 0 Å². The first-order valence-electron chi connectivity index (χ1n) is 5.65. The third-order valence-corrected chi connectivity index (χ3v) is 2.85. The van der Waals surface area contributed by atoms with Gasteiger partial charge in [0.25, 0.3) is 0 Å². The van der Waals surface area contributed by atoms with Crippen molar-refractivity contribution in [3.63, 3.8) is 0 Å². The van der Waals surface area contributed by atoms with Gasteiger partial charge in [-0.05, 0) is 26.8 Å². The zero-order valence-corrected chi connectivity index (χ0v) is 11.3. The van der Waals surface area contributed by atoms with Gasteiger partial charge in [0.1, 0.15) is 4.99 Å². The van der Waals surface area contributed by atoms with Gasteiger partial charge in [0.15, 0.2) is 0 Å². The summed E-state index contributed by atoms with van der Waals surface area (Å²) in [6, 6.07) is 1.96. The number of aromatic nitrogens is 1. The number of hydrogen-bond acceptors (Lipinski definition) is 4. The van der Waals surface area contributed by atoms with Gasteiger partial charge in [0.2, 0.25) is 0 Å². The van der Waals surface area contributed by atoms with Crippen molar-refractivity contribution in [2.45, 2.75) is 20.8 Å². The summed E-state index contributed by atoms with van der Waals surface area (Å²) in [6.07, 6.45) is 0. The number of rotatable bonds is 5. The summed E-state index contributed by atoms with van der Waals surface area (Å²) in [5, 5.41) is 9.08. The summed E-state index contributed by atoms with van der Waals surface area (Å²) < 4.78 is 0. The maximum absolute atomic E-state index is 9.08. The van der Waals surface area contributed by atoms with Gasteiger partial charge in [-0.1, -0.05) is 12.2 Å². The summed E-state index contributed by atoms with van der Waals surface area (Å²) in [6.45, 7) is 7.33. The van der Waals surface area contributed by atoms with Crippen molar-refractivity contribution in [2.24, 2.45) is 5.73 Å². The summed E-state index contributed by atoms with van der Waals surface area (Å²) in [7, 11) is 0. The second kappa shape index (κ2) is 5.93. The Balaban J connectivity index is 3.32. The van der Waals surface area contributed by atoms with Gasteiger partial charge in [0, 0.05) is 24.5 Å². The van der Waals surface area contributed by atoms with Crippen LogP contribution in [0.2, 0.25) is 0 Å². The Labute approximate surface area is 107 Å². The zero-order valence-electron chi connectivity index (χ0n) is 10.5. The molecule has 1 aromatic heterocycles. The Hall–Kier alpha value is -1.20. The lowest BCUT2D eigenvalue weighted by molar-refractivity contribution is 0.302. The lowest BCUT2D eigenvalue weighted by Crippen LogP contribution is -2.29. The van der Waals surface area contributed by atoms with Crippen molar-refractivity contribution < 1.29 is 5.11 Å². The quantitative estimate of drug-likeness (QED) is 0.771. The number of aliphatic hydroxyl groups excluding tert-OH is 1. The Morgan fingerprint density at radius 1 is 1.53 bits per heavy atom. The average molecular weight is 253 g/mol. The van der Waals surface area contributed by atoms with E-state index in [-0.39, 0.29) is 6.61 Å². The number of aryl methyl sites for hydroxylation is 2. The molecule has 0 unspecified atom stereocenters. The highest BCUT2D eigenvalue weighted by Gasteiger charge is 2.15. The van der Waals surface area contributed by atoms with Gasteiger partial charge in [-0.3, -0.25) is 4.98 Å². The van der Waals surface area contributed by atoms with Crippen LogP contribution in [0.15, 0.2) is 6.07 Å². The van der Waals surface area contributed by atoms with Crippen LogP contribution in [0.1, 0.15) is 23.9 Å². The number of thiocarbonyl (C=S) groups is 1. The van der Waals surface area contributed by atoms with Gasteiger partial charge in [-0.25, -0.2) is 0 Å². The fourth-order valence-electron chi connectivity index (χ4n) is 1.93. The van der Waals surface area contributed by atoms with Gasteiger partial charge in [0.05, 0.1) is 17.9 Å². The molecular formula is C12H19N3OS. The van der Waals surface area contributed by atoms with E-state index in [1.165, 1.54) is 0 Å². The molecule has 1 rings (SSSR count). The summed E-state index contributed by atoms with van der Waals surface area (Å²) in [4.78, 5) is 6.78. The van der Waals surface area contributed by atoms with E-state index in [0.717, 1.165) is 29.2 Å². The van der Waals surface area contributed by atoms with E-state index in [4.69, 9.17) is 23.1 Å². The highest BCUT2D eigenvalue weighted by atomic mass is 32.1. The molecule has 0 saturated carbocycles. The monoisotopic (exact) mass is 253 g/mol. The van der Waals surface area contributed by atoms with E-state index in [2.05, 4.69) is 9.88 Å². The van der Waals surface area contributed by atoms with Crippen molar-refractivity contribution in [1.29, 1.82) is 0 Å². The molecule has 0 fully saturated rings. The minimum absolute atomic E-state index is 0.102. The second-order valence-electron chi connectivity index (χ2n) is 3.91. The molecule has 0 aliphatic heterocycles. The van der Waals surface area contributed by atoms with E-state index in [1.54, 1.807) is 0 Å². The van der Waals surface area contributed by atoms with Crippen molar-refractivity contribution in [3.05, 3.63) is 23.0 Å². The molecule has 0 amide bonds. The molecule has 4 nitrogen and oxygen atoms in total. The normalized spacial score (nSPS) is 10.4. The van der Waals surface area contributed by atoms with Crippen molar-refractivity contribution in [3.8, 4) is 0 Å². The van der Waals surface area contributed by atoms with E-state index >= 15 is 0 Å². The molecule has 17 heavy (non-hydrogen) atoms. The van der Waals surface area contributed by atoms with Gasteiger partial charge in [-0.2, -0.15) is 0 Å². The van der Waals surface area contributed by atoms with E-state index in [0.29, 0.717) is 11.5 Å². The van der Waals surface area contributed by atoms with Crippen molar-refractivity contribution in [2.75, 3.05) is 24.6 Å². The highest BCUT2D eigenvalue weighted by molar-refractivity contribution is 7.80. The van der Waals surface area contributed by atoms with Gasteiger partial charge in [-0.15, -0.1) is 0 Å². The number of anilines is 1. The lowest BCUT2D eigenvalue weighted by Gasteiger charge is -2.25. The number of hydrogen-bond donors (Lipinski definition) is 2. The molecule has 0 aliphatic rings. The molecule has 0 bridgehead atoms. The van der Waals surface area contributed by atoms with E-state index in [1.807, 2.05) is 26.8 Å². The Morgan fingerprint density at radius 2 is 2.18 bits per heavy atom. The predicted molar refractivity (Wildman–Crippen MR) is 74.6 cm³/mol. The number of nitrogens with zero attached hydrogens (tertiary/aromatic N) is 2. The largest absolute Gasteiger partial charge is 0.395 e. The summed E-state index contributed by atoms with van der Waals surface area (Å²) in [5.74, 6) is 0. The summed E-state index contributed by atoms with van der Waals surface area (Å²) in [5.41, 5.74) is 9.28.